The first-order valence-corrected chi connectivity index (χ1v) is 9.76. The lowest BCUT2D eigenvalue weighted by Crippen LogP contribution is -2.38. The van der Waals surface area contributed by atoms with Gasteiger partial charge in [-0.05, 0) is 42.7 Å². The zero-order valence-electron chi connectivity index (χ0n) is 15.4. The van der Waals surface area contributed by atoms with Gasteiger partial charge in [0.05, 0.1) is 24.1 Å². The van der Waals surface area contributed by atoms with Crippen molar-refractivity contribution in [2.75, 3.05) is 19.6 Å². The molecule has 146 valence electrons. The van der Waals surface area contributed by atoms with Crippen LogP contribution in [0.15, 0.2) is 42.6 Å². The van der Waals surface area contributed by atoms with Gasteiger partial charge in [0.15, 0.2) is 0 Å². The van der Waals surface area contributed by atoms with Gasteiger partial charge in [-0.1, -0.05) is 23.7 Å². The Labute approximate surface area is 168 Å². The van der Waals surface area contributed by atoms with Gasteiger partial charge in [-0.3, -0.25) is 14.6 Å². The first kappa shape index (κ1) is 18.9. The maximum atomic E-state index is 13.2. The van der Waals surface area contributed by atoms with Gasteiger partial charge in [0.25, 0.3) is 0 Å². The van der Waals surface area contributed by atoms with Crippen molar-refractivity contribution in [2.45, 2.75) is 25.8 Å². The van der Waals surface area contributed by atoms with E-state index in [1.54, 1.807) is 11.1 Å². The van der Waals surface area contributed by atoms with Crippen molar-refractivity contribution in [2.24, 2.45) is 5.41 Å². The van der Waals surface area contributed by atoms with Crippen LogP contribution in [0.2, 0.25) is 5.02 Å². The highest BCUT2D eigenvalue weighted by Crippen LogP contribution is 2.41. The lowest BCUT2D eigenvalue weighted by molar-refractivity contribution is -0.136. The van der Waals surface area contributed by atoms with Gasteiger partial charge in [-0.2, -0.15) is 0 Å². The van der Waals surface area contributed by atoms with Crippen molar-refractivity contribution in [1.82, 2.24) is 14.8 Å². The number of rotatable bonds is 4. The number of carbonyl (C=O) groups excluding carboxylic acids is 2. The van der Waals surface area contributed by atoms with Crippen molar-refractivity contribution < 1.29 is 14.0 Å². The number of benzene rings is 1. The minimum absolute atomic E-state index is 0.0821. The topological polar surface area (TPSA) is 53.5 Å². The summed E-state index contributed by atoms with van der Waals surface area (Å²) in [6.07, 6.45) is 3.26. The maximum absolute atomic E-state index is 13.2. The van der Waals surface area contributed by atoms with Gasteiger partial charge in [0.2, 0.25) is 11.8 Å². The van der Waals surface area contributed by atoms with E-state index < -0.39 is 11.2 Å². The van der Waals surface area contributed by atoms with Gasteiger partial charge in [-0.15, -0.1) is 0 Å². The van der Waals surface area contributed by atoms with Crippen molar-refractivity contribution in [1.29, 1.82) is 0 Å². The predicted molar refractivity (Wildman–Crippen MR) is 103 cm³/mol. The molecule has 2 aromatic rings. The SMILES string of the molecule is O=C(Cc1ccc(F)cc1Cl)N1CCC2(CCN(Cc3ccccn3)C2=O)C1. The second-order valence-electron chi connectivity index (χ2n) is 7.56. The fraction of sp³-hybridized carbons (Fsp3) is 0.381. The quantitative estimate of drug-likeness (QED) is 0.791. The Morgan fingerprint density at radius 1 is 1.21 bits per heavy atom. The van der Waals surface area contributed by atoms with E-state index in [0.29, 0.717) is 38.2 Å². The zero-order valence-corrected chi connectivity index (χ0v) is 16.2. The molecule has 1 atom stereocenters. The summed E-state index contributed by atoms with van der Waals surface area (Å²) in [5.74, 6) is -0.402. The minimum atomic E-state index is -0.489. The average Bonchev–Trinajstić information content (AvgIpc) is 3.25. The lowest BCUT2D eigenvalue weighted by Gasteiger charge is -2.23. The maximum Gasteiger partial charge on any atom is 0.231 e. The number of aromatic nitrogens is 1. The predicted octanol–water partition coefficient (Wildman–Crippen LogP) is 3.07. The normalized spacial score (nSPS) is 21.7. The molecule has 0 bridgehead atoms. The molecule has 1 unspecified atom stereocenters. The van der Waals surface area contributed by atoms with Crippen molar-refractivity contribution >= 4 is 23.4 Å². The fourth-order valence-corrected chi connectivity index (χ4v) is 4.37. The van der Waals surface area contributed by atoms with Crippen LogP contribution in [0.5, 0.6) is 0 Å². The van der Waals surface area contributed by atoms with Gasteiger partial charge in [-0.25, -0.2) is 4.39 Å². The van der Waals surface area contributed by atoms with Gasteiger partial charge in [0, 0.05) is 30.9 Å². The molecule has 2 aliphatic heterocycles. The van der Waals surface area contributed by atoms with Crippen LogP contribution < -0.4 is 0 Å². The summed E-state index contributed by atoms with van der Waals surface area (Å²) >= 11 is 6.04. The van der Waals surface area contributed by atoms with Crippen molar-refractivity contribution in [3.63, 3.8) is 0 Å². The minimum Gasteiger partial charge on any atom is -0.341 e. The summed E-state index contributed by atoms with van der Waals surface area (Å²) in [7, 11) is 0. The number of hydrogen-bond acceptors (Lipinski definition) is 3. The highest BCUT2D eigenvalue weighted by atomic mass is 35.5. The van der Waals surface area contributed by atoms with Crippen LogP contribution in [-0.2, 0) is 22.6 Å². The molecule has 4 rings (SSSR count). The number of nitrogens with zero attached hydrogens (tertiary/aromatic N) is 3. The molecule has 1 aromatic heterocycles. The molecule has 1 spiro atoms. The number of likely N-dealkylation sites (tertiary alicyclic amines) is 2. The zero-order chi connectivity index (χ0) is 19.7. The summed E-state index contributed by atoms with van der Waals surface area (Å²) in [5.41, 5.74) is 0.977. The molecule has 5 nitrogen and oxygen atoms in total. The first-order chi connectivity index (χ1) is 13.5. The van der Waals surface area contributed by atoms with E-state index in [0.717, 1.165) is 12.1 Å². The third-order valence-electron chi connectivity index (χ3n) is 5.74. The Morgan fingerprint density at radius 2 is 2.04 bits per heavy atom. The standard InChI is InChI=1S/C21H21ClFN3O2/c22-18-12-16(23)5-4-15(18)11-19(27)26-10-7-21(14-26)6-9-25(20(21)28)13-17-3-1-2-8-24-17/h1-5,8,12H,6-7,9-11,13-14H2. The molecule has 0 N–H and O–H groups in total. The van der Waals surface area contributed by atoms with E-state index in [4.69, 9.17) is 11.6 Å². The molecular formula is C21H21ClFN3O2. The van der Waals surface area contributed by atoms with Crippen LogP contribution >= 0.6 is 11.6 Å². The molecule has 7 heteroatoms. The molecule has 0 aliphatic carbocycles. The number of carbonyl (C=O) groups is 2. The van der Waals surface area contributed by atoms with Crippen LogP contribution in [0.25, 0.3) is 0 Å². The van der Waals surface area contributed by atoms with Crippen molar-refractivity contribution in [3.05, 3.63) is 64.7 Å². The molecule has 2 amide bonds. The largest absolute Gasteiger partial charge is 0.341 e. The molecule has 28 heavy (non-hydrogen) atoms. The Balaban J connectivity index is 1.40. The Kier molecular flexibility index (Phi) is 5.06. The third-order valence-corrected chi connectivity index (χ3v) is 6.10. The summed E-state index contributed by atoms with van der Waals surface area (Å²) in [6.45, 7) is 2.17. The van der Waals surface area contributed by atoms with E-state index in [2.05, 4.69) is 4.98 Å². The number of amides is 2. The van der Waals surface area contributed by atoms with Crippen LogP contribution in [0.1, 0.15) is 24.1 Å². The van der Waals surface area contributed by atoms with Gasteiger partial charge < -0.3 is 9.80 Å². The molecule has 2 fully saturated rings. The molecule has 3 heterocycles. The second kappa shape index (κ2) is 7.51. The summed E-state index contributed by atoms with van der Waals surface area (Å²) in [4.78, 5) is 33.6. The molecule has 2 aliphatic rings. The third kappa shape index (κ3) is 3.61. The number of hydrogen-bond donors (Lipinski definition) is 0. The van der Waals surface area contributed by atoms with Crippen LogP contribution in [0, 0.1) is 11.2 Å². The highest BCUT2D eigenvalue weighted by molar-refractivity contribution is 6.31. The van der Waals surface area contributed by atoms with Gasteiger partial charge >= 0.3 is 0 Å². The van der Waals surface area contributed by atoms with Crippen LogP contribution in [0.3, 0.4) is 0 Å². The van der Waals surface area contributed by atoms with E-state index in [1.165, 1.54) is 18.2 Å². The van der Waals surface area contributed by atoms with E-state index >= 15 is 0 Å². The lowest BCUT2D eigenvalue weighted by atomic mass is 9.85. The first-order valence-electron chi connectivity index (χ1n) is 9.38. The average molecular weight is 402 g/mol. The number of halogens is 2. The van der Waals surface area contributed by atoms with Crippen LogP contribution in [-0.4, -0.2) is 46.2 Å². The summed E-state index contributed by atoms with van der Waals surface area (Å²) < 4.78 is 13.2. The van der Waals surface area contributed by atoms with E-state index in [1.807, 2.05) is 23.1 Å². The summed E-state index contributed by atoms with van der Waals surface area (Å²) in [6, 6.07) is 9.73. The van der Waals surface area contributed by atoms with E-state index in [9.17, 15) is 14.0 Å². The molecule has 0 saturated carbocycles. The molecular weight excluding hydrogens is 381 g/mol. The molecule has 1 aromatic carbocycles. The molecule has 0 radical (unpaired) electrons. The fourth-order valence-electron chi connectivity index (χ4n) is 4.13. The van der Waals surface area contributed by atoms with Crippen LogP contribution in [0.4, 0.5) is 4.39 Å². The van der Waals surface area contributed by atoms with E-state index in [-0.39, 0.29) is 23.3 Å². The smallest absolute Gasteiger partial charge is 0.231 e. The Bertz CT molecular complexity index is 908. The number of pyridine rings is 1. The summed E-state index contributed by atoms with van der Waals surface area (Å²) in [5, 5.41) is 0.251. The Hall–Kier alpha value is -2.47. The second-order valence-corrected chi connectivity index (χ2v) is 7.96. The highest BCUT2D eigenvalue weighted by Gasteiger charge is 2.51. The Morgan fingerprint density at radius 3 is 2.79 bits per heavy atom. The van der Waals surface area contributed by atoms with Gasteiger partial charge in [0.1, 0.15) is 5.82 Å². The monoisotopic (exact) mass is 401 g/mol. The molecule has 2 saturated heterocycles. The van der Waals surface area contributed by atoms with Crippen molar-refractivity contribution in [3.8, 4) is 0 Å².